The molecule has 7 heteroatoms. The van der Waals surface area contributed by atoms with Gasteiger partial charge in [-0.3, -0.25) is 0 Å². The third-order valence-corrected chi connectivity index (χ3v) is 3.78. The number of benzene rings is 2. The Kier molecular flexibility index (Phi) is 4.87. The molecule has 2 aromatic carbocycles. The van der Waals surface area contributed by atoms with E-state index in [1.807, 2.05) is 6.92 Å². The molecule has 0 aliphatic heterocycles. The second-order valence-electron chi connectivity index (χ2n) is 5.00. The maximum Gasteiger partial charge on any atom is 0.189 e. The average molecular weight is 351 g/mol. The molecule has 0 spiro atoms. The largest absolute Gasteiger partial charge is 0.493 e. The highest BCUT2D eigenvalue weighted by Gasteiger charge is 2.19. The summed E-state index contributed by atoms with van der Waals surface area (Å²) in [6.45, 7) is 2.96. The van der Waals surface area contributed by atoms with Crippen LogP contribution in [0, 0.1) is 5.82 Å². The molecule has 3 rings (SSSR count). The number of hydrogen-bond acceptors (Lipinski definition) is 5. The number of halogens is 2. The molecule has 0 bridgehead atoms. The van der Waals surface area contributed by atoms with Gasteiger partial charge in [-0.05, 0) is 31.2 Å². The highest BCUT2D eigenvalue weighted by molar-refractivity contribution is 6.36. The lowest BCUT2D eigenvalue weighted by Gasteiger charge is -2.09. The monoisotopic (exact) mass is 350 g/mol. The fraction of sp³-hybridized carbons (Fsp3) is 0.235. The lowest BCUT2D eigenvalue weighted by Crippen LogP contribution is -2.10. The van der Waals surface area contributed by atoms with Crippen molar-refractivity contribution < 1.29 is 18.4 Å². The van der Waals surface area contributed by atoms with Crippen molar-refractivity contribution in [2.45, 2.75) is 6.92 Å². The van der Waals surface area contributed by atoms with Gasteiger partial charge < -0.3 is 19.7 Å². The summed E-state index contributed by atoms with van der Waals surface area (Å²) in [4.78, 5) is 0. The van der Waals surface area contributed by atoms with Gasteiger partial charge in [-0.15, -0.1) is 0 Å². The lowest BCUT2D eigenvalue weighted by atomic mass is 10.1. The van der Waals surface area contributed by atoms with Crippen molar-refractivity contribution >= 4 is 22.6 Å². The summed E-state index contributed by atoms with van der Waals surface area (Å²) in [6, 6.07) is 7.78. The van der Waals surface area contributed by atoms with E-state index in [-0.39, 0.29) is 5.82 Å². The molecule has 24 heavy (non-hydrogen) atoms. The van der Waals surface area contributed by atoms with E-state index in [4.69, 9.17) is 31.3 Å². The van der Waals surface area contributed by atoms with Gasteiger partial charge >= 0.3 is 0 Å². The molecular formula is C17H16ClFN2O3. The van der Waals surface area contributed by atoms with Crippen LogP contribution >= 0.6 is 11.6 Å². The summed E-state index contributed by atoms with van der Waals surface area (Å²) in [5.74, 6) is 0.485. The van der Waals surface area contributed by atoms with Crippen molar-refractivity contribution in [1.82, 2.24) is 5.16 Å². The molecule has 2 N–H and O–H groups in total. The average Bonchev–Trinajstić information content (AvgIpc) is 2.99. The zero-order valence-electron chi connectivity index (χ0n) is 13.0. The predicted molar refractivity (Wildman–Crippen MR) is 90.1 cm³/mol. The molecule has 0 fully saturated rings. The number of fused-ring (bicyclic) bond motifs is 1. The Morgan fingerprint density at radius 2 is 2.04 bits per heavy atom. The maximum absolute atomic E-state index is 13.5. The fourth-order valence-corrected chi connectivity index (χ4v) is 2.65. The van der Waals surface area contributed by atoms with Gasteiger partial charge in [-0.2, -0.15) is 0 Å². The summed E-state index contributed by atoms with van der Waals surface area (Å²) >= 11 is 6.31. The Morgan fingerprint density at radius 1 is 1.21 bits per heavy atom. The van der Waals surface area contributed by atoms with Gasteiger partial charge in [0.25, 0.3) is 0 Å². The van der Waals surface area contributed by atoms with Crippen molar-refractivity contribution in [3.63, 3.8) is 0 Å². The Balaban J connectivity index is 2.10. The summed E-state index contributed by atoms with van der Waals surface area (Å²) in [6.07, 6.45) is 0. The van der Waals surface area contributed by atoms with Crippen molar-refractivity contribution in [3.8, 4) is 22.8 Å². The topological polar surface area (TPSA) is 70.5 Å². The van der Waals surface area contributed by atoms with E-state index < -0.39 is 0 Å². The van der Waals surface area contributed by atoms with E-state index >= 15 is 0 Å². The quantitative estimate of drug-likeness (QED) is 0.727. The number of ether oxygens (including phenoxy) is 2. The fourth-order valence-electron chi connectivity index (χ4n) is 2.40. The van der Waals surface area contributed by atoms with Gasteiger partial charge in [0.2, 0.25) is 0 Å². The Bertz CT molecular complexity index is 866. The van der Waals surface area contributed by atoms with E-state index in [2.05, 4.69) is 5.16 Å². The van der Waals surface area contributed by atoms with Gasteiger partial charge in [0.05, 0.1) is 12.0 Å². The Morgan fingerprint density at radius 3 is 2.79 bits per heavy atom. The first-order valence-corrected chi connectivity index (χ1v) is 7.87. The summed E-state index contributed by atoms with van der Waals surface area (Å²) in [5.41, 5.74) is 6.98. The molecule has 0 atom stereocenters. The first kappa shape index (κ1) is 16.5. The highest BCUT2D eigenvalue weighted by Crippen LogP contribution is 2.40. The van der Waals surface area contributed by atoms with Gasteiger partial charge in [-0.1, -0.05) is 16.8 Å². The normalized spacial score (nSPS) is 11.0. The molecule has 0 saturated carbocycles. The van der Waals surface area contributed by atoms with Crippen LogP contribution in [0.15, 0.2) is 34.9 Å². The Hall–Kier alpha value is -2.31. The second-order valence-corrected chi connectivity index (χ2v) is 5.37. The second kappa shape index (κ2) is 7.07. The number of hydrogen-bond donors (Lipinski definition) is 1. The molecular weight excluding hydrogens is 335 g/mol. The third-order valence-electron chi connectivity index (χ3n) is 3.42. The SMILES string of the molecule is CCOc1cc(F)ccc1-c1noc2c(Cl)c(OCCN)ccc12. The number of nitrogens with two attached hydrogens (primary N) is 1. The van der Waals surface area contributed by atoms with E-state index in [1.54, 1.807) is 18.2 Å². The van der Waals surface area contributed by atoms with E-state index in [0.717, 1.165) is 0 Å². The molecule has 3 aromatic rings. The zero-order chi connectivity index (χ0) is 17.1. The van der Waals surface area contributed by atoms with Crippen molar-refractivity contribution in [2.24, 2.45) is 5.73 Å². The van der Waals surface area contributed by atoms with E-state index in [9.17, 15) is 4.39 Å². The van der Waals surface area contributed by atoms with Gasteiger partial charge in [0.15, 0.2) is 5.58 Å². The van der Waals surface area contributed by atoms with Crippen LogP contribution < -0.4 is 15.2 Å². The summed E-state index contributed by atoms with van der Waals surface area (Å²) in [5, 5.41) is 5.09. The van der Waals surface area contributed by atoms with Crippen LogP contribution in [0.1, 0.15) is 6.92 Å². The summed E-state index contributed by atoms with van der Waals surface area (Å²) < 4.78 is 29.8. The van der Waals surface area contributed by atoms with Gasteiger partial charge in [0, 0.05) is 18.2 Å². The molecule has 0 radical (unpaired) electrons. The zero-order valence-corrected chi connectivity index (χ0v) is 13.8. The Labute approximate surface area is 143 Å². The van der Waals surface area contributed by atoms with Crippen molar-refractivity contribution in [1.29, 1.82) is 0 Å². The van der Waals surface area contributed by atoms with Gasteiger partial charge in [-0.25, -0.2) is 4.39 Å². The molecule has 0 aliphatic carbocycles. The van der Waals surface area contributed by atoms with Crippen LogP contribution in [0.2, 0.25) is 5.02 Å². The molecule has 0 amide bonds. The molecule has 0 unspecified atom stereocenters. The van der Waals surface area contributed by atoms with Crippen LogP contribution in [-0.4, -0.2) is 24.9 Å². The van der Waals surface area contributed by atoms with Crippen LogP contribution in [0.4, 0.5) is 4.39 Å². The van der Waals surface area contributed by atoms with Crippen LogP contribution in [0.5, 0.6) is 11.5 Å². The highest BCUT2D eigenvalue weighted by atomic mass is 35.5. The molecule has 126 valence electrons. The number of rotatable bonds is 6. The first-order valence-electron chi connectivity index (χ1n) is 7.49. The molecule has 1 aromatic heterocycles. The molecule has 1 heterocycles. The molecule has 0 aliphatic rings. The summed E-state index contributed by atoms with van der Waals surface area (Å²) in [7, 11) is 0. The first-order chi connectivity index (χ1) is 11.7. The van der Waals surface area contributed by atoms with Crippen LogP contribution in [-0.2, 0) is 0 Å². The minimum Gasteiger partial charge on any atom is -0.493 e. The minimum atomic E-state index is -0.384. The van der Waals surface area contributed by atoms with Crippen LogP contribution in [0.3, 0.4) is 0 Å². The van der Waals surface area contributed by atoms with E-state index in [1.165, 1.54) is 12.1 Å². The smallest absolute Gasteiger partial charge is 0.189 e. The van der Waals surface area contributed by atoms with Crippen molar-refractivity contribution in [3.05, 3.63) is 41.2 Å². The minimum absolute atomic E-state index is 0.319. The van der Waals surface area contributed by atoms with Crippen molar-refractivity contribution in [2.75, 3.05) is 19.8 Å². The maximum atomic E-state index is 13.5. The predicted octanol–water partition coefficient (Wildman–Crippen LogP) is 4.02. The number of aromatic nitrogens is 1. The molecule has 5 nitrogen and oxygen atoms in total. The third kappa shape index (κ3) is 3.02. The number of nitrogens with zero attached hydrogens (tertiary/aromatic N) is 1. The van der Waals surface area contributed by atoms with Gasteiger partial charge in [0.1, 0.15) is 34.6 Å². The van der Waals surface area contributed by atoms with E-state index in [0.29, 0.717) is 58.5 Å². The standard InChI is InChI=1S/C17H16ClFN2O3/c1-2-22-14-9-10(19)3-4-11(14)16-12-5-6-13(23-8-7-20)15(18)17(12)24-21-16/h3-6,9H,2,7-8,20H2,1H3. The molecule has 0 saturated heterocycles. The lowest BCUT2D eigenvalue weighted by molar-refractivity contribution is 0.328. The van der Waals surface area contributed by atoms with Crippen LogP contribution in [0.25, 0.3) is 22.2 Å².